The number of nitrogens with two attached hydrogens (primary N) is 1. The average molecular weight is 525 g/mol. The Kier molecular flexibility index (Phi) is 6.63. The first-order valence-corrected chi connectivity index (χ1v) is 12.1. The third-order valence-electron chi connectivity index (χ3n) is 6.44. The zero-order valence-electron chi connectivity index (χ0n) is 21.2. The summed E-state index contributed by atoms with van der Waals surface area (Å²) < 4.78 is 2.33. The molecule has 40 heavy (non-hydrogen) atoms. The highest BCUT2D eigenvalue weighted by Crippen LogP contribution is 2.31. The molecule has 0 aliphatic carbocycles. The molecule has 0 aliphatic heterocycles. The van der Waals surface area contributed by atoms with Gasteiger partial charge in [0.15, 0.2) is 5.78 Å². The van der Waals surface area contributed by atoms with Crippen LogP contribution in [0.15, 0.2) is 101 Å². The maximum atomic E-state index is 13.4. The lowest BCUT2D eigenvalue weighted by Gasteiger charge is -2.16. The van der Waals surface area contributed by atoms with E-state index in [9.17, 15) is 24.9 Å². The van der Waals surface area contributed by atoms with E-state index in [1.807, 2.05) is 42.5 Å². The van der Waals surface area contributed by atoms with Crippen molar-refractivity contribution in [2.45, 2.75) is 6.92 Å². The SMILES string of the molecule is CC(=O)c1ccc(-n2c(N)c(C#N)c(-c3ccc(-n4nc(-c5ccccc5)ccc4=O)cc3)c(C#N)c2=O)cc1. The van der Waals surface area contributed by atoms with Crippen LogP contribution in [0.25, 0.3) is 33.8 Å². The number of pyridine rings is 1. The number of anilines is 1. The Labute approximate surface area is 228 Å². The Morgan fingerprint density at radius 3 is 2.00 bits per heavy atom. The van der Waals surface area contributed by atoms with E-state index in [0.717, 1.165) is 10.1 Å². The summed E-state index contributed by atoms with van der Waals surface area (Å²) in [4.78, 5) is 37.7. The van der Waals surface area contributed by atoms with Gasteiger partial charge in [-0.2, -0.15) is 20.3 Å². The number of carbonyl (C=O) groups is 1. The number of aromatic nitrogens is 3. The van der Waals surface area contributed by atoms with E-state index < -0.39 is 5.56 Å². The van der Waals surface area contributed by atoms with Gasteiger partial charge in [-0.15, -0.1) is 0 Å². The van der Waals surface area contributed by atoms with E-state index in [0.29, 0.717) is 28.2 Å². The van der Waals surface area contributed by atoms with Crippen LogP contribution in [-0.2, 0) is 0 Å². The van der Waals surface area contributed by atoms with Crippen LogP contribution < -0.4 is 16.9 Å². The molecule has 2 heterocycles. The second-order valence-corrected chi connectivity index (χ2v) is 8.86. The number of rotatable bonds is 5. The third kappa shape index (κ3) is 4.44. The quantitative estimate of drug-likeness (QED) is 0.338. The van der Waals surface area contributed by atoms with Gasteiger partial charge < -0.3 is 5.73 Å². The van der Waals surface area contributed by atoms with Crippen molar-refractivity contribution in [2.75, 3.05) is 5.73 Å². The molecule has 0 amide bonds. The summed E-state index contributed by atoms with van der Waals surface area (Å²) in [7, 11) is 0. The predicted octanol–water partition coefficient (Wildman–Crippen LogP) is 4.25. The van der Waals surface area contributed by atoms with Gasteiger partial charge in [0.05, 0.1) is 17.1 Å². The van der Waals surface area contributed by atoms with Crippen molar-refractivity contribution in [3.63, 3.8) is 0 Å². The highest BCUT2D eigenvalue weighted by molar-refractivity contribution is 5.94. The minimum absolute atomic E-state index is 0.0547. The Morgan fingerprint density at radius 2 is 1.40 bits per heavy atom. The molecule has 0 aliphatic rings. The lowest BCUT2D eigenvalue weighted by Crippen LogP contribution is -2.26. The molecule has 5 aromatic rings. The Balaban J connectivity index is 1.62. The van der Waals surface area contributed by atoms with Crippen molar-refractivity contribution in [1.29, 1.82) is 10.5 Å². The van der Waals surface area contributed by atoms with Gasteiger partial charge in [0.25, 0.3) is 11.1 Å². The van der Waals surface area contributed by atoms with Gasteiger partial charge in [-0.25, -0.2) is 0 Å². The predicted molar refractivity (Wildman–Crippen MR) is 150 cm³/mol. The van der Waals surface area contributed by atoms with Crippen LogP contribution >= 0.6 is 0 Å². The number of nitrogens with zero attached hydrogens (tertiary/aromatic N) is 5. The molecule has 9 heteroatoms. The number of Topliss-reactive ketones (excluding diaryl/α,β-unsaturated/α-hetero) is 1. The number of nitriles is 2. The molecule has 0 radical (unpaired) electrons. The van der Waals surface area contributed by atoms with Crippen molar-refractivity contribution in [2.24, 2.45) is 0 Å². The van der Waals surface area contributed by atoms with E-state index in [1.165, 1.54) is 41.9 Å². The minimum Gasteiger partial charge on any atom is -0.384 e. The van der Waals surface area contributed by atoms with E-state index >= 15 is 0 Å². The Bertz CT molecular complexity index is 1980. The van der Waals surface area contributed by atoms with Gasteiger partial charge >= 0.3 is 0 Å². The first-order chi connectivity index (χ1) is 19.3. The number of ketones is 1. The van der Waals surface area contributed by atoms with Gasteiger partial charge in [0, 0.05) is 22.8 Å². The molecule has 0 spiro atoms. The lowest BCUT2D eigenvalue weighted by molar-refractivity contribution is 0.101. The van der Waals surface area contributed by atoms with Crippen LogP contribution in [0.4, 0.5) is 5.82 Å². The molecule has 192 valence electrons. The van der Waals surface area contributed by atoms with E-state index in [1.54, 1.807) is 30.3 Å². The normalized spacial score (nSPS) is 10.5. The molecule has 2 N–H and O–H groups in total. The van der Waals surface area contributed by atoms with Gasteiger partial charge in [-0.1, -0.05) is 42.5 Å². The monoisotopic (exact) mass is 524 g/mol. The Hall–Kier alpha value is -6.06. The minimum atomic E-state index is -0.706. The molecule has 0 fully saturated rings. The number of hydrogen-bond donors (Lipinski definition) is 1. The van der Waals surface area contributed by atoms with Crippen molar-refractivity contribution in [1.82, 2.24) is 14.3 Å². The number of hydrogen-bond acceptors (Lipinski definition) is 7. The largest absolute Gasteiger partial charge is 0.384 e. The molecule has 2 aromatic heterocycles. The number of carbonyl (C=O) groups excluding carboxylic acids is 1. The van der Waals surface area contributed by atoms with E-state index in [4.69, 9.17) is 5.73 Å². The summed E-state index contributed by atoms with van der Waals surface area (Å²) >= 11 is 0. The van der Waals surface area contributed by atoms with Gasteiger partial charge in [-0.05, 0) is 55.0 Å². The zero-order valence-corrected chi connectivity index (χ0v) is 21.2. The smallest absolute Gasteiger partial charge is 0.275 e. The molecule has 3 aromatic carbocycles. The zero-order chi connectivity index (χ0) is 28.4. The third-order valence-corrected chi connectivity index (χ3v) is 6.44. The van der Waals surface area contributed by atoms with E-state index in [2.05, 4.69) is 5.10 Å². The summed E-state index contributed by atoms with van der Waals surface area (Å²) in [5.41, 5.74) is 8.08. The highest BCUT2D eigenvalue weighted by Gasteiger charge is 2.23. The van der Waals surface area contributed by atoms with Crippen molar-refractivity contribution >= 4 is 11.6 Å². The standard InChI is InChI=1S/C31H20N6O3/c1-19(38)20-7-11-23(12-8-20)36-30(34)25(17-32)29(26(18-33)31(36)40)22-9-13-24(14-10-22)37-28(39)16-15-27(35-37)21-5-3-2-4-6-21/h2-16H,34H2,1H3. The molecular formula is C31H20N6O3. The summed E-state index contributed by atoms with van der Waals surface area (Å²) in [6.07, 6.45) is 0. The topological polar surface area (TPSA) is 148 Å². The highest BCUT2D eigenvalue weighted by atomic mass is 16.1. The van der Waals surface area contributed by atoms with Crippen molar-refractivity contribution < 1.29 is 4.79 Å². The second kappa shape index (κ2) is 10.4. The molecule has 0 bridgehead atoms. The summed E-state index contributed by atoms with van der Waals surface area (Å²) in [5.74, 6) is -0.292. The van der Waals surface area contributed by atoms with Crippen LogP contribution in [0, 0.1) is 22.7 Å². The molecule has 0 atom stereocenters. The first kappa shape index (κ1) is 25.6. The summed E-state index contributed by atoms with van der Waals surface area (Å²) in [6.45, 7) is 1.42. The molecule has 9 nitrogen and oxygen atoms in total. The number of nitrogen functional groups attached to an aromatic ring is 1. The van der Waals surface area contributed by atoms with Crippen LogP contribution in [0.3, 0.4) is 0 Å². The maximum absolute atomic E-state index is 13.4. The average Bonchev–Trinajstić information content (AvgIpc) is 2.98. The molecule has 5 rings (SSSR count). The lowest BCUT2D eigenvalue weighted by atomic mass is 9.96. The fourth-order valence-electron chi connectivity index (χ4n) is 4.43. The molecule has 0 saturated heterocycles. The van der Waals surface area contributed by atoms with Gasteiger partial charge in [0.2, 0.25) is 0 Å². The summed E-state index contributed by atoms with van der Waals surface area (Å²) in [5, 5.41) is 24.4. The Morgan fingerprint density at radius 1 is 0.775 bits per heavy atom. The fraction of sp³-hybridized carbons (Fsp3) is 0.0323. The van der Waals surface area contributed by atoms with Crippen LogP contribution in [-0.4, -0.2) is 20.1 Å². The van der Waals surface area contributed by atoms with Crippen LogP contribution in [0.2, 0.25) is 0 Å². The van der Waals surface area contributed by atoms with E-state index in [-0.39, 0.29) is 33.9 Å². The fourth-order valence-corrected chi connectivity index (χ4v) is 4.43. The summed E-state index contributed by atoms with van der Waals surface area (Å²) in [6, 6.07) is 29.0. The van der Waals surface area contributed by atoms with Gasteiger partial charge in [-0.3, -0.25) is 19.0 Å². The van der Waals surface area contributed by atoms with Crippen LogP contribution in [0.5, 0.6) is 0 Å². The molecule has 0 unspecified atom stereocenters. The maximum Gasteiger partial charge on any atom is 0.275 e. The molecular weight excluding hydrogens is 504 g/mol. The first-order valence-electron chi connectivity index (χ1n) is 12.1. The number of benzene rings is 3. The van der Waals surface area contributed by atoms with Crippen molar-refractivity contribution in [3.05, 3.63) is 128 Å². The van der Waals surface area contributed by atoms with Crippen LogP contribution in [0.1, 0.15) is 28.4 Å². The van der Waals surface area contributed by atoms with Gasteiger partial charge in [0.1, 0.15) is 29.1 Å². The molecule has 0 saturated carbocycles. The van der Waals surface area contributed by atoms with Crippen molar-refractivity contribution in [3.8, 4) is 45.9 Å². The second-order valence-electron chi connectivity index (χ2n) is 8.86.